The van der Waals surface area contributed by atoms with Gasteiger partial charge in [-0.15, -0.1) is 0 Å². The lowest BCUT2D eigenvalue weighted by atomic mass is 9.92. The molecule has 0 heterocycles. The van der Waals surface area contributed by atoms with Crippen LogP contribution in [0.4, 0.5) is 13.2 Å². The third kappa shape index (κ3) is 7.66. The molecular weight excluding hydrogens is 285 g/mol. The van der Waals surface area contributed by atoms with Crippen LogP contribution in [0.15, 0.2) is 0 Å². The minimum atomic E-state index is -4.30. The van der Waals surface area contributed by atoms with Gasteiger partial charge in [0.2, 0.25) is 5.91 Å². The molecule has 1 fully saturated rings. The fourth-order valence-electron chi connectivity index (χ4n) is 2.58. The molecule has 21 heavy (non-hydrogen) atoms. The number of alkyl halides is 3. The monoisotopic (exact) mass is 310 g/mol. The number of ether oxygens (including phenoxy) is 1. The predicted octanol–water partition coefficient (Wildman–Crippen LogP) is 2.37. The van der Waals surface area contributed by atoms with Crippen molar-refractivity contribution in [2.24, 2.45) is 11.7 Å². The Morgan fingerprint density at radius 1 is 1.43 bits per heavy atom. The Morgan fingerprint density at radius 2 is 2.14 bits per heavy atom. The Kier molecular flexibility index (Phi) is 7.45. The first kappa shape index (κ1) is 18.2. The molecule has 0 bridgehead atoms. The summed E-state index contributed by atoms with van der Waals surface area (Å²) in [5.41, 5.74) is 5.56. The van der Waals surface area contributed by atoms with Gasteiger partial charge >= 0.3 is 6.18 Å². The van der Waals surface area contributed by atoms with Crippen LogP contribution in [0.5, 0.6) is 0 Å². The average molecular weight is 310 g/mol. The lowest BCUT2D eigenvalue weighted by Crippen LogP contribution is -2.42. The van der Waals surface area contributed by atoms with Crippen LogP contribution in [-0.4, -0.2) is 37.4 Å². The van der Waals surface area contributed by atoms with Crippen LogP contribution >= 0.6 is 0 Å². The molecular formula is C14H25F3N2O2. The van der Waals surface area contributed by atoms with Crippen LogP contribution in [0.3, 0.4) is 0 Å². The van der Waals surface area contributed by atoms with E-state index in [1.165, 1.54) is 0 Å². The number of hydrogen-bond acceptors (Lipinski definition) is 3. The van der Waals surface area contributed by atoms with E-state index in [-0.39, 0.29) is 17.9 Å². The highest BCUT2D eigenvalue weighted by Gasteiger charge is 2.31. The summed E-state index contributed by atoms with van der Waals surface area (Å²) in [7, 11) is 0. The van der Waals surface area contributed by atoms with Crippen molar-refractivity contribution in [2.75, 3.05) is 13.2 Å². The van der Waals surface area contributed by atoms with E-state index in [0.29, 0.717) is 25.8 Å². The number of nitrogens with one attached hydrogen (secondary N) is 1. The molecule has 3 atom stereocenters. The van der Waals surface area contributed by atoms with Gasteiger partial charge in [-0.3, -0.25) is 4.79 Å². The van der Waals surface area contributed by atoms with E-state index in [0.717, 1.165) is 19.3 Å². The highest BCUT2D eigenvalue weighted by molar-refractivity contribution is 5.76. The van der Waals surface area contributed by atoms with E-state index < -0.39 is 18.9 Å². The zero-order chi connectivity index (χ0) is 15.9. The topological polar surface area (TPSA) is 64.4 Å². The second-order valence-electron chi connectivity index (χ2n) is 5.69. The molecule has 3 N–H and O–H groups in total. The molecule has 1 saturated carbocycles. The Balaban J connectivity index is 2.33. The molecule has 0 radical (unpaired) electrons. The van der Waals surface area contributed by atoms with Crippen molar-refractivity contribution in [3.63, 3.8) is 0 Å². The van der Waals surface area contributed by atoms with Gasteiger partial charge in [0, 0.05) is 12.5 Å². The predicted molar refractivity (Wildman–Crippen MR) is 73.6 cm³/mol. The van der Waals surface area contributed by atoms with Crippen molar-refractivity contribution >= 4 is 5.91 Å². The molecule has 0 aliphatic heterocycles. The normalized spacial score (nSPS) is 24.6. The van der Waals surface area contributed by atoms with Crippen molar-refractivity contribution in [3.8, 4) is 0 Å². The van der Waals surface area contributed by atoms with E-state index in [1.807, 2.05) is 6.92 Å². The fourth-order valence-corrected chi connectivity index (χ4v) is 2.58. The minimum absolute atomic E-state index is 0.0752. The van der Waals surface area contributed by atoms with Gasteiger partial charge in [0.25, 0.3) is 0 Å². The highest BCUT2D eigenvalue weighted by atomic mass is 19.4. The number of halogens is 3. The second kappa shape index (κ2) is 8.58. The Labute approximate surface area is 123 Å². The maximum Gasteiger partial charge on any atom is 0.411 e. The van der Waals surface area contributed by atoms with Gasteiger partial charge in [-0.25, -0.2) is 0 Å². The molecule has 0 aromatic heterocycles. The van der Waals surface area contributed by atoms with Gasteiger partial charge < -0.3 is 15.8 Å². The number of amides is 1. The first-order chi connectivity index (χ1) is 9.84. The Bertz CT molecular complexity index is 320. The summed E-state index contributed by atoms with van der Waals surface area (Å²) < 4.78 is 41.3. The van der Waals surface area contributed by atoms with Crippen LogP contribution < -0.4 is 11.1 Å². The molecule has 4 nitrogen and oxygen atoms in total. The standard InChI is InChI=1S/C14H25F3N2O2/c1-2-10(8-18)6-13(20)19-11-4-3-5-12(7-11)21-9-14(15,16)17/h10-12H,2-9,18H2,1H3,(H,19,20). The van der Waals surface area contributed by atoms with Gasteiger partial charge in [-0.1, -0.05) is 13.3 Å². The van der Waals surface area contributed by atoms with E-state index in [2.05, 4.69) is 5.32 Å². The number of carbonyl (C=O) groups is 1. The summed E-state index contributed by atoms with van der Waals surface area (Å²) in [5, 5.41) is 2.89. The van der Waals surface area contributed by atoms with Gasteiger partial charge in [0.05, 0.1) is 6.10 Å². The lowest BCUT2D eigenvalue weighted by molar-refractivity contribution is -0.188. The van der Waals surface area contributed by atoms with Crippen LogP contribution in [0.25, 0.3) is 0 Å². The largest absolute Gasteiger partial charge is 0.411 e. The van der Waals surface area contributed by atoms with Crippen LogP contribution in [0.1, 0.15) is 45.4 Å². The van der Waals surface area contributed by atoms with Crippen molar-refractivity contribution in [1.82, 2.24) is 5.32 Å². The maximum atomic E-state index is 12.1. The third-order valence-electron chi connectivity index (χ3n) is 3.86. The van der Waals surface area contributed by atoms with Crippen LogP contribution in [0.2, 0.25) is 0 Å². The van der Waals surface area contributed by atoms with E-state index in [9.17, 15) is 18.0 Å². The van der Waals surface area contributed by atoms with Gasteiger partial charge in [-0.2, -0.15) is 13.2 Å². The summed E-state index contributed by atoms with van der Waals surface area (Å²) in [4.78, 5) is 11.9. The van der Waals surface area contributed by atoms with Gasteiger partial charge in [0.15, 0.2) is 0 Å². The Hall–Kier alpha value is -0.820. The molecule has 1 rings (SSSR count). The molecule has 7 heteroatoms. The molecule has 1 amide bonds. The third-order valence-corrected chi connectivity index (χ3v) is 3.86. The molecule has 1 aliphatic rings. The number of hydrogen-bond donors (Lipinski definition) is 2. The molecule has 0 spiro atoms. The second-order valence-corrected chi connectivity index (χ2v) is 5.69. The molecule has 0 saturated heterocycles. The number of carbonyl (C=O) groups excluding carboxylic acids is 1. The fraction of sp³-hybridized carbons (Fsp3) is 0.929. The zero-order valence-corrected chi connectivity index (χ0v) is 12.4. The summed E-state index contributed by atoms with van der Waals surface area (Å²) >= 11 is 0. The van der Waals surface area contributed by atoms with Gasteiger partial charge in [-0.05, 0) is 38.1 Å². The van der Waals surface area contributed by atoms with Gasteiger partial charge in [0.1, 0.15) is 6.61 Å². The highest BCUT2D eigenvalue weighted by Crippen LogP contribution is 2.24. The van der Waals surface area contributed by atoms with E-state index in [1.54, 1.807) is 0 Å². The minimum Gasteiger partial charge on any atom is -0.369 e. The van der Waals surface area contributed by atoms with Crippen molar-refractivity contribution in [2.45, 2.75) is 63.8 Å². The first-order valence-corrected chi connectivity index (χ1v) is 7.51. The van der Waals surface area contributed by atoms with Crippen molar-refractivity contribution in [1.29, 1.82) is 0 Å². The van der Waals surface area contributed by atoms with Crippen LogP contribution in [-0.2, 0) is 9.53 Å². The quantitative estimate of drug-likeness (QED) is 0.759. The van der Waals surface area contributed by atoms with E-state index >= 15 is 0 Å². The lowest BCUT2D eigenvalue weighted by Gasteiger charge is -2.30. The summed E-state index contributed by atoms with van der Waals surface area (Å²) in [6, 6.07) is -0.0974. The average Bonchev–Trinajstić information content (AvgIpc) is 2.42. The summed E-state index contributed by atoms with van der Waals surface area (Å²) in [6.07, 6.45) is -0.903. The van der Waals surface area contributed by atoms with Crippen LogP contribution in [0, 0.1) is 5.92 Å². The molecule has 0 aromatic carbocycles. The number of rotatable bonds is 7. The van der Waals surface area contributed by atoms with E-state index in [4.69, 9.17) is 10.5 Å². The molecule has 0 aromatic rings. The van der Waals surface area contributed by atoms with Crippen molar-refractivity contribution in [3.05, 3.63) is 0 Å². The molecule has 3 unspecified atom stereocenters. The smallest absolute Gasteiger partial charge is 0.369 e. The summed E-state index contributed by atoms with van der Waals surface area (Å²) in [6.45, 7) is 1.22. The van der Waals surface area contributed by atoms with Crippen molar-refractivity contribution < 1.29 is 22.7 Å². The summed E-state index contributed by atoms with van der Waals surface area (Å²) in [5.74, 6) is 0.0830. The SMILES string of the molecule is CCC(CN)CC(=O)NC1CCCC(OCC(F)(F)F)C1. The zero-order valence-electron chi connectivity index (χ0n) is 12.4. The Morgan fingerprint density at radius 3 is 2.71 bits per heavy atom. The maximum absolute atomic E-state index is 12.1. The molecule has 1 aliphatic carbocycles. The number of nitrogens with two attached hydrogens (primary N) is 1. The molecule has 124 valence electrons. The first-order valence-electron chi connectivity index (χ1n) is 7.51.